The van der Waals surface area contributed by atoms with E-state index in [0.29, 0.717) is 0 Å². The number of rotatable bonds is 0. The summed E-state index contributed by atoms with van der Waals surface area (Å²) in [6, 6.07) is 15.4. The topological polar surface area (TPSA) is 9.23 Å². The van der Waals surface area contributed by atoms with Gasteiger partial charge in [0.15, 0.2) is 0 Å². The molecule has 1 aliphatic heterocycles. The molecule has 4 rings (SSSR count). The Bertz CT molecular complexity index is 629. The van der Waals surface area contributed by atoms with Crippen molar-refractivity contribution >= 4 is 0 Å². The van der Waals surface area contributed by atoms with E-state index < -0.39 is 0 Å². The Labute approximate surface area is 107 Å². The molecule has 0 radical (unpaired) electrons. The zero-order valence-corrected chi connectivity index (χ0v) is 10.6. The smallest absolute Gasteiger partial charge is 0.0720 e. The van der Waals surface area contributed by atoms with E-state index in [1.54, 1.807) is 0 Å². The highest BCUT2D eigenvalue weighted by atomic mass is 16.5. The van der Waals surface area contributed by atoms with Crippen molar-refractivity contribution in [2.45, 2.75) is 25.4 Å². The monoisotopic (exact) mass is 236 g/mol. The fourth-order valence-electron chi connectivity index (χ4n) is 3.61. The molecule has 0 fully saturated rings. The molecule has 0 spiro atoms. The number of hydrogen-bond donors (Lipinski definition) is 0. The molecule has 0 amide bonds. The summed E-state index contributed by atoms with van der Waals surface area (Å²) in [5, 5.41) is 0. The summed E-state index contributed by atoms with van der Waals surface area (Å²) < 4.78 is 5.81. The van der Waals surface area contributed by atoms with Crippen LogP contribution in [0, 0.1) is 0 Å². The number of hydrogen-bond acceptors (Lipinski definition) is 1. The molecule has 1 heteroatoms. The van der Waals surface area contributed by atoms with Crippen LogP contribution in [-0.2, 0) is 23.2 Å². The highest BCUT2D eigenvalue weighted by Gasteiger charge is 2.38. The SMILES string of the molecule is CC12COCc3cccc(c31)-c1ccccc1C2. The molecule has 0 bridgehead atoms. The van der Waals surface area contributed by atoms with Crippen LogP contribution in [0.5, 0.6) is 0 Å². The molecular formula is C17H16O. The molecule has 1 atom stereocenters. The molecule has 2 aromatic carbocycles. The average Bonchev–Trinajstić information content (AvgIpc) is 2.39. The maximum Gasteiger partial charge on any atom is 0.0720 e. The third-order valence-electron chi connectivity index (χ3n) is 4.32. The van der Waals surface area contributed by atoms with E-state index in [-0.39, 0.29) is 5.41 Å². The fraction of sp³-hybridized carbons (Fsp3) is 0.294. The Morgan fingerprint density at radius 3 is 2.67 bits per heavy atom. The molecule has 0 aromatic heterocycles. The molecule has 0 N–H and O–H groups in total. The molecular weight excluding hydrogens is 220 g/mol. The molecule has 1 heterocycles. The van der Waals surface area contributed by atoms with Gasteiger partial charge in [-0.15, -0.1) is 0 Å². The van der Waals surface area contributed by atoms with E-state index in [1.807, 2.05) is 0 Å². The molecule has 90 valence electrons. The van der Waals surface area contributed by atoms with Crippen LogP contribution in [0.4, 0.5) is 0 Å². The second-order valence-corrected chi connectivity index (χ2v) is 5.73. The van der Waals surface area contributed by atoms with Gasteiger partial charge in [-0.2, -0.15) is 0 Å². The van der Waals surface area contributed by atoms with Gasteiger partial charge in [-0.3, -0.25) is 0 Å². The molecule has 1 unspecified atom stereocenters. The summed E-state index contributed by atoms with van der Waals surface area (Å²) in [7, 11) is 0. The summed E-state index contributed by atoms with van der Waals surface area (Å²) in [5.41, 5.74) is 7.33. The quantitative estimate of drug-likeness (QED) is 0.677. The zero-order valence-electron chi connectivity index (χ0n) is 10.6. The van der Waals surface area contributed by atoms with Gasteiger partial charge in [0.25, 0.3) is 0 Å². The van der Waals surface area contributed by atoms with Crippen LogP contribution in [0.3, 0.4) is 0 Å². The second-order valence-electron chi connectivity index (χ2n) is 5.73. The summed E-state index contributed by atoms with van der Waals surface area (Å²) in [5.74, 6) is 0. The van der Waals surface area contributed by atoms with E-state index in [4.69, 9.17) is 4.74 Å². The normalized spacial score (nSPS) is 24.3. The Kier molecular flexibility index (Phi) is 1.98. The van der Waals surface area contributed by atoms with Crippen molar-refractivity contribution in [3.05, 3.63) is 59.2 Å². The van der Waals surface area contributed by atoms with Gasteiger partial charge in [-0.25, -0.2) is 0 Å². The maximum absolute atomic E-state index is 5.81. The first-order valence-electron chi connectivity index (χ1n) is 6.56. The van der Waals surface area contributed by atoms with Crippen molar-refractivity contribution in [1.82, 2.24) is 0 Å². The van der Waals surface area contributed by atoms with Gasteiger partial charge in [0.2, 0.25) is 0 Å². The van der Waals surface area contributed by atoms with Crippen LogP contribution in [0.1, 0.15) is 23.6 Å². The molecule has 1 nitrogen and oxygen atoms in total. The van der Waals surface area contributed by atoms with Crippen molar-refractivity contribution in [3.8, 4) is 11.1 Å². The van der Waals surface area contributed by atoms with E-state index >= 15 is 0 Å². The molecule has 2 aromatic rings. The van der Waals surface area contributed by atoms with Gasteiger partial charge in [-0.05, 0) is 34.2 Å². The van der Waals surface area contributed by atoms with E-state index in [0.717, 1.165) is 19.6 Å². The van der Waals surface area contributed by atoms with Crippen molar-refractivity contribution in [2.75, 3.05) is 6.61 Å². The van der Waals surface area contributed by atoms with Crippen molar-refractivity contribution < 1.29 is 4.74 Å². The minimum atomic E-state index is 0.151. The summed E-state index contributed by atoms with van der Waals surface area (Å²) in [4.78, 5) is 0. The van der Waals surface area contributed by atoms with Gasteiger partial charge in [0.1, 0.15) is 0 Å². The van der Waals surface area contributed by atoms with Crippen LogP contribution in [0.2, 0.25) is 0 Å². The maximum atomic E-state index is 5.81. The lowest BCUT2D eigenvalue weighted by atomic mass is 9.67. The van der Waals surface area contributed by atoms with Crippen LogP contribution in [0.25, 0.3) is 11.1 Å². The predicted molar refractivity (Wildman–Crippen MR) is 72.6 cm³/mol. The molecule has 2 aliphatic rings. The number of fused-ring (bicyclic) bond motifs is 2. The summed E-state index contributed by atoms with van der Waals surface area (Å²) >= 11 is 0. The number of benzene rings is 2. The van der Waals surface area contributed by atoms with Gasteiger partial charge in [0, 0.05) is 5.41 Å². The summed E-state index contributed by atoms with van der Waals surface area (Å²) in [6.45, 7) is 3.94. The minimum Gasteiger partial charge on any atom is -0.376 e. The van der Waals surface area contributed by atoms with Crippen LogP contribution in [0.15, 0.2) is 42.5 Å². The van der Waals surface area contributed by atoms with Crippen LogP contribution >= 0.6 is 0 Å². The molecule has 0 saturated heterocycles. The first-order valence-corrected chi connectivity index (χ1v) is 6.56. The number of ether oxygens (including phenoxy) is 1. The van der Waals surface area contributed by atoms with Crippen LogP contribution in [-0.4, -0.2) is 6.61 Å². The Morgan fingerprint density at radius 2 is 1.72 bits per heavy atom. The van der Waals surface area contributed by atoms with Crippen LogP contribution < -0.4 is 0 Å². The van der Waals surface area contributed by atoms with E-state index in [9.17, 15) is 0 Å². The standard InChI is InChI=1S/C17H16O/c1-17-9-12-5-2-3-7-14(12)15-8-4-6-13(16(15)17)10-18-11-17/h2-8H,9-11H2,1H3. The predicted octanol–water partition coefficient (Wildman–Crippen LogP) is 3.70. The second kappa shape index (κ2) is 3.46. The zero-order chi connectivity index (χ0) is 12.2. The van der Waals surface area contributed by atoms with Gasteiger partial charge >= 0.3 is 0 Å². The highest BCUT2D eigenvalue weighted by Crippen LogP contribution is 2.46. The first-order chi connectivity index (χ1) is 8.78. The van der Waals surface area contributed by atoms with E-state index in [2.05, 4.69) is 49.4 Å². The van der Waals surface area contributed by atoms with E-state index in [1.165, 1.54) is 27.8 Å². The lowest BCUT2D eigenvalue weighted by Gasteiger charge is -2.41. The minimum absolute atomic E-state index is 0.151. The first kappa shape index (κ1) is 10.3. The average molecular weight is 236 g/mol. The fourth-order valence-corrected chi connectivity index (χ4v) is 3.61. The molecule has 1 aliphatic carbocycles. The van der Waals surface area contributed by atoms with Crippen molar-refractivity contribution in [1.29, 1.82) is 0 Å². The lowest BCUT2D eigenvalue weighted by molar-refractivity contribution is 0.0571. The molecule has 0 saturated carbocycles. The van der Waals surface area contributed by atoms with Gasteiger partial charge in [-0.1, -0.05) is 49.4 Å². The Hall–Kier alpha value is -1.60. The largest absolute Gasteiger partial charge is 0.376 e. The van der Waals surface area contributed by atoms with Gasteiger partial charge in [0.05, 0.1) is 13.2 Å². The van der Waals surface area contributed by atoms with Crippen molar-refractivity contribution in [3.63, 3.8) is 0 Å². The highest BCUT2D eigenvalue weighted by molar-refractivity contribution is 5.76. The van der Waals surface area contributed by atoms with Gasteiger partial charge < -0.3 is 4.74 Å². The molecule has 18 heavy (non-hydrogen) atoms. The third kappa shape index (κ3) is 1.25. The summed E-state index contributed by atoms with van der Waals surface area (Å²) in [6.07, 6.45) is 1.09. The Balaban J connectivity index is 2.09. The van der Waals surface area contributed by atoms with Crippen molar-refractivity contribution in [2.24, 2.45) is 0 Å². The lowest BCUT2D eigenvalue weighted by Crippen LogP contribution is -2.38. The third-order valence-corrected chi connectivity index (χ3v) is 4.32. The Morgan fingerprint density at radius 1 is 0.944 bits per heavy atom.